The maximum Gasteiger partial charge on any atom is 0.150 e. The quantitative estimate of drug-likeness (QED) is 0.848. The first-order chi connectivity index (χ1) is 7.77. The SMILES string of the molecule is Cc1nnc(C(N)C2CC2)n1C1CCCC1. The van der Waals surface area contributed by atoms with Gasteiger partial charge in [0.25, 0.3) is 0 Å². The molecule has 16 heavy (non-hydrogen) atoms. The van der Waals surface area contributed by atoms with E-state index in [0.717, 1.165) is 11.6 Å². The third kappa shape index (κ3) is 1.65. The fourth-order valence-electron chi connectivity index (χ4n) is 2.89. The fraction of sp³-hybridized carbons (Fsp3) is 0.833. The van der Waals surface area contributed by atoms with Gasteiger partial charge in [0.05, 0.1) is 6.04 Å². The number of hydrogen-bond donors (Lipinski definition) is 1. The van der Waals surface area contributed by atoms with Gasteiger partial charge >= 0.3 is 0 Å². The summed E-state index contributed by atoms with van der Waals surface area (Å²) in [5.41, 5.74) is 6.26. The summed E-state index contributed by atoms with van der Waals surface area (Å²) in [5, 5.41) is 8.53. The molecule has 0 aliphatic heterocycles. The Hall–Kier alpha value is -0.900. The van der Waals surface area contributed by atoms with Crippen molar-refractivity contribution in [2.45, 2.75) is 57.5 Å². The van der Waals surface area contributed by atoms with E-state index in [-0.39, 0.29) is 6.04 Å². The Balaban J connectivity index is 1.91. The van der Waals surface area contributed by atoms with Crippen LogP contribution >= 0.6 is 0 Å². The van der Waals surface area contributed by atoms with E-state index < -0.39 is 0 Å². The highest BCUT2D eigenvalue weighted by molar-refractivity contribution is 5.06. The molecule has 0 spiro atoms. The van der Waals surface area contributed by atoms with Crippen molar-refractivity contribution in [1.82, 2.24) is 14.8 Å². The number of hydrogen-bond acceptors (Lipinski definition) is 3. The van der Waals surface area contributed by atoms with Gasteiger partial charge in [-0.1, -0.05) is 12.8 Å². The lowest BCUT2D eigenvalue weighted by Gasteiger charge is -2.18. The van der Waals surface area contributed by atoms with Crippen LogP contribution < -0.4 is 5.73 Å². The van der Waals surface area contributed by atoms with Crippen LogP contribution in [0.4, 0.5) is 0 Å². The maximum atomic E-state index is 6.26. The molecule has 2 N–H and O–H groups in total. The predicted molar refractivity (Wildman–Crippen MR) is 61.9 cm³/mol. The molecule has 2 aliphatic carbocycles. The summed E-state index contributed by atoms with van der Waals surface area (Å²) >= 11 is 0. The molecule has 0 amide bonds. The highest BCUT2D eigenvalue weighted by Crippen LogP contribution is 2.40. The molecule has 1 heterocycles. The van der Waals surface area contributed by atoms with Crippen molar-refractivity contribution in [2.75, 3.05) is 0 Å². The molecule has 4 nitrogen and oxygen atoms in total. The molecule has 1 aromatic rings. The van der Waals surface area contributed by atoms with Gasteiger partial charge < -0.3 is 10.3 Å². The normalized spacial score (nSPS) is 23.9. The molecular weight excluding hydrogens is 200 g/mol. The molecule has 3 rings (SSSR count). The van der Waals surface area contributed by atoms with Gasteiger partial charge in [0.2, 0.25) is 0 Å². The first kappa shape index (κ1) is 10.3. The van der Waals surface area contributed by atoms with Gasteiger partial charge in [-0.05, 0) is 38.5 Å². The van der Waals surface area contributed by atoms with E-state index in [4.69, 9.17) is 5.73 Å². The molecule has 4 heteroatoms. The second-order valence-corrected chi connectivity index (χ2v) is 5.28. The minimum Gasteiger partial charge on any atom is -0.321 e. The molecule has 0 aromatic carbocycles. The molecule has 0 bridgehead atoms. The highest BCUT2D eigenvalue weighted by Gasteiger charge is 2.34. The van der Waals surface area contributed by atoms with Gasteiger partial charge in [-0.3, -0.25) is 0 Å². The molecule has 2 aliphatic rings. The molecule has 1 atom stereocenters. The van der Waals surface area contributed by atoms with Crippen molar-refractivity contribution in [1.29, 1.82) is 0 Å². The number of nitrogens with two attached hydrogens (primary N) is 1. The van der Waals surface area contributed by atoms with Gasteiger partial charge in [0.15, 0.2) is 5.82 Å². The summed E-state index contributed by atoms with van der Waals surface area (Å²) in [5.74, 6) is 2.73. The Morgan fingerprint density at radius 3 is 2.50 bits per heavy atom. The Morgan fingerprint density at radius 1 is 1.19 bits per heavy atom. The van der Waals surface area contributed by atoms with Crippen LogP contribution in [0.15, 0.2) is 0 Å². The van der Waals surface area contributed by atoms with Gasteiger partial charge in [0, 0.05) is 6.04 Å². The van der Waals surface area contributed by atoms with E-state index in [1.807, 2.05) is 0 Å². The molecule has 1 unspecified atom stereocenters. The zero-order valence-corrected chi connectivity index (χ0v) is 9.89. The van der Waals surface area contributed by atoms with E-state index in [9.17, 15) is 0 Å². The summed E-state index contributed by atoms with van der Waals surface area (Å²) in [6.07, 6.45) is 7.73. The van der Waals surface area contributed by atoms with E-state index in [1.54, 1.807) is 0 Å². The summed E-state index contributed by atoms with van der Waals surface area (Å²) in [6.45, 7) is 2.05. The van der Waals surface area contributed by atoms with Crippen LogP contribution in [0.2, 0.25) is 0 Å². The third-order valence-corrected chi connectivity index (χ3v) is 4.01. The summed E-state index contributed by atoms with van der Waals surface area (Å²) in [6, 6.07) is 0.719. The molecule has 0 radical (unpaired) electrons. The van der Waals surface area contributed by atoms with Gasteiger partial charge in [-0.25, -0.2) is 0 Å². The van der Waals surface area contributed by atoms with Gasteiger partial charge in [-0.2, -0.15) is 0 Å². The average Bonchev–Trinajstić information content (AvgIpc) is 2.85. The van der Waals surface area contributed by atoms with Crippen LogP contribution in [-0.2, 0) is 0 Å². The van der Waals surface area contributed by atoms with Crippen molar-refractivity contribution in [2.24, 2.45) is 11.7 Å². The van der Waals surface area contributed by atoms with Gasteiger partial charge in [-0.15, -0.1) is 10.2 Å². The second-order valence-electron chi connectivity index (χ2n) is 5.28. The topological polar surface area (TPSA) is 56.7 Å². The first-order valence-corrected chi connectivity index (χ1v) is 6.44. The predicted octanol–water partition coefficient (Wildman–Crippen LogP) is 2.11. The lowest BCUT2D eigenvalue weighted by atomic mass is 10.1. The second kappa shape index (κ2) is 3.84. The zero-order chi connectivity index (χ0) is 11.1. The molecule has 0 saturated heterocycles. The smallest absolute Gasteiger partial charge is 0.150 e. The zero-order valence-electron chi connectivity index (χ0n) is 9.89. The molecule has 2 fully saturated rings. The number of rotatable bonds is 3. The molecule has 1 aromatic heterocycles. The van der Waals surface area contributed by atoms with Crippen LogP contribution in [0.25, 0.3) is 0 Å². The number of aromatic nitrogens is 3. The number of aryl methyl sites for hydroxylation is 1. The summed E-state index contributed by atoms with van der Waals surface area (Å²) in [7, 11) is 0. The average molecular weight is 220 g/mol. The van der Waals surface area contributed by atoms with Crippen LogP contribution in [0, 0.1) is 12.8 Å². The van der Waals surface area contributed by atoms with Crippen LogP contribution in [0.3, 0.4) is 0 Å². The number of nitrogens with zero attached hydrogens (tertiary/aromatic N) is 3. The van der Waals surface area contributed by atoms with Gasteiger partial charge in [0.1, 0.15) is 5.82 Å². The van der Waals surface area contributed by atoms with Crippen molar-refractivity contribution >= 4 is 0 Å². The van der Waals surface area contributed by atoms with Crippen molar-refractivity contribution in [3.05, 3.63) is 11.6 Å². The van der Waals surface area contributed by atoms with Crippen LogP contribution in [0.1, 0.15) is 62.3 Å². The molecular formula is C12H20N4. The Kier molecular flexibility index (Phi) is 2.46. The summed E-state index contributed by atoms with van der Waals surface area (Å²) < 4.78 is 2.32. The Labute approximate surface area is 96.2 Å². The highest BCUT2D eigenvalue weighted by atomic mass is 15.3. The van der Waals surface area contributed by atoms with E-state index in [0.29, 0.717) is 12.0 Å². The monoisotopic (exact) mass is 220 g/mol. The minimum atomic E-state index is 0.113. The fourth-order valence-corrected chi connectivity index (χ4v) is 2.89. The first-order valence-electron chi connectivity index (χ1n) is 6.44. The van der Waals surface area contributed by atoms with Crippen molar-refractivity contribution in [3.63, 3.8) is 0 Å². The largest absolute Gasteiger partial charge is 0.321 e. The van der Waals surface area contributed by atoms with E-state index in [1.165, 1.54) is 38.5 Å². The Morgan fingerprint density at radius 2 is 1.88 bits per heavy atom. The minimum absolute atomic E-state index is 0.113. The standard InChI is InChI=1S/C12H20N4/c1-8-14-15-12(11(13)9-6-7-9)16(8)10-4-2-3-5-10/h9-11H,2-7,13H2,1H3. The summed E-state index contributed by atoms with van der Waals surface area (Å²) in [4.78, 5) is 0. The van der Waals surface area contributed by atoms with Crippen LogP contribution in [-0.4, -0.2) is 14.8 Å². The van der Waals surface area contributed by atoms with Crippen molar-refractivity contribution in [3.8, 4) is 0 Å². The Bertz CT molecular complexity index is 374. The lowest BCUT2D eigenvalue weighted by Crippen LogP contribution is -2.21. The molecule has 2 saturated carbocycles. The maximum absolute atomic E-state index is 6.26. The van der Waals surface area contributed by atoms with Crippen LogP contribution in [0.5, 0.6) is 0 Å². The van der Waals surface area contributed by atoms with Crippen molar-refractivity contribution < 1.29 is 0 Å². The van der Waals surface area contributed by atoms with E-state index in [2.05, 4.69) is 21.7 Å². The van der Waals surface area contributed by atoms with E-state index >= 15 is 0 Å². The lowest BCUT2D eigenvalue weighted by molar-refractivity contribution is 0.453. The molecule has 88 valence electrons. The third-order valence-electron chi connectivity index (χ3n) is 4.01.